The molecule has 0 atom stereocenters. The highest BCUT2D eigenvalue weighted by molar-refractivity contribution is 5.93. The maximum atomic E-state index is 6.36. The van der Waals surface area contributed by atoms with Crippen molar-refractivity contribution >= 4 is 33.9 Å². The van der Waals surface area contributed by atoms with E-state index in [9.17, 15) is 0 Å². The van der Waals surface area contributed by atoms with Crippen molar-refractivity contribution in [1.82, 2.24) is 15.0 Å². The number of hydrogen-bond acceptors (Lipinski definition) is 6. The molecule has 1 saturated heterocycles. The van der Waals surface area contributed by atoms with Crippen molar-refractivity contribution in [2.75, 3.05) is 29.0 Å². The lowest BCUT2D eigenvalue weighted by Crippen LogP contribution is -2.31. The summed E-state index contributed by atoms with van der Waals surface area (Å²) in [7, 11) is 0. The van der Waals surface area contributed by atoms with Crippen molar-refractivity contribution in [1.29, 1.82) is 0 Å². The molecular formula is C18H20N6. The number of aromatic nitrogens is 3. The van der Waals surface area contributed by atoms with Crippen LogP contribution >= 0.6 is 0 Å². The number of para-hydroxylation sites is 1. The average molecular weight is 320 g/mol. The van der Waals surface area contributed by atoms with Crippen molar-refractivity contribution in [2.45, 2.75) is 19.3 Å². The molecule has 6 nitrogen and oxygen atoms in total. The zero-order valence-electron chi connectivity index (χ0n) is 13.4. The molecule has 0 unspecified atom stereocenters. The van der Waals surface area contributed by atoms with E-state index in [4.69, 9.17) is 5.73 Å². The van der Waals surface area contributed by atoms with Crippen LogP contribution in [0.5, 0.6) is 0 Å². The molecule has 0 bridgehead atoms. The summed E-state index contributed by atoms with van der Waals surface area (Å²) in [6.07, 6.45) is 6.99. The molecule has 3 N–H and O–H groups in total. The number of nitrogens with one attached hydrogen (secondary N) is 1. The largest absolute Gasteiger partial charge is 0.393 e. The van der Waals surface area contributed by atoms with Gasteiger partial charge < -0.3 is 16.0 Å². The Balaban J connectivity index is 1.69. The van der Waals surface area contributed by atoms with E-state index in [1.807, 2.05) is 30.3 Å². The lowest BCUT2D eigenvalue weighted by atomic mass is 10.1. The van der Waals surface area contributed by atoms with Crippen molar-refractivity contribution in [2.24, 2.45) is 0 Å². The molecule has 0 spiro atoms. The minimum absolute atomic E-state index is 0.590. The highest BCUT2D eigenvalue weighted by Crippen LogP contribution is 2.31. The minimum Gasteiger partial charge on any atom is -0.393 e. The second-order valence-corrected chi connectivity index (χ2v) is 6.01. The van der Waals surface area contributed by atoms with Crippen LogP contribution in [0.25, 0.3) is 10.9 Å². The van der Waals surface area contributed by atoms with E-state index in [0.717, 1.165) is 35.5 Å². The Morgan fingerprint density at radius 2 is 1.79 bits per heavy atom. The first-order valence-electron chi connectivity index (χ1n) is 8.29. The van der Waals surface area contributed by atoms with Gasteiger partial charge in [0, 0.05) is 24.7 Å². The maximum Gasteiger partial charge on any atom is 0.159 e. The third-order valence-electron chi connectivity index (χ3n) is 4.40. The van der Waals surface area contributed by atoms with Crippen LogP contribution in [0.2, 0.25) is 0 Å². The fourth-order valence-electron chi connectivity index (χ4n) is 3.18. The first-order valence-corrected chi connectivity index (χ1v) is 8.29. The second-order valence-electron chi connectivity index (χ2n) is 6.01. The molecule has 0 saturated carbocycles. The van der Waals surface area contributed by atoms with Gasteiger partial charge in [0.05, 0.1) is 11.2 Å². The molecule has 0 aliphatic carbocycles. The lowest BCUT2D eigenvalue weighted by Gasteiger charge is -2.28. The fourth-order valence-corrected chi connectivity index (χ4v) is 3.18. The van der Waals surface area contributed by atoms with Crippen LogP contribution in [0.3, 0.4) is 0 Å². The van der Waals surface area contributed by atoms with Gasteiger partial charge in [-0.05, 0) is 31.4 Å². The number of anilines is 4. The van der Waals surface area contributed by atoms with E-state index in [1.54, 1.807) is 12.5 Å². The van der Waals surface area contributed by atoms with Crippen molar-refractivity contribution < 1.29 is 0 Å². The van der Waals surface area contributed by atoms with E-state index < -0.39 is 0 Å². The monoisotopic (exact) mass is 320 g/mol. The molecular weight excluding hydrogens is 300 g/mol. The van der Waals surface area contributed by atoms with Gasteiger partial charge in [-0.1, -0.05) is 18.2 Å². The maximum absolute atomic E-state index is 6.36. The van der Waals surface area contributed by atoms with E-state index in [-0.39, 0.29) is 0 Å². The third kappa shape index (κ3) is 2.71. The zero-order chi connectivity index (χ0) is 16.4. The standard InChI is InChI=1S/C18H20N6/c19-15-17(21-12-22-18(15)24-10-2-1-3-11-24)23-14-8-4-6-13-7-5-9-20-16(13)14/h4-9,12H,1-3,10-11,19H2,(H,21,22,23). The van der Waals surface area contributed by atoms with E-state index in [1.165, 1.54) is 19.3 Å². The van der Waals surface area contributed by atoms with Gasteiger partial charge in [-0.25, -0.2) is 9.97 Å². The number of nitrogens with zero attached hydrogens (tertiary/aromatic N) is 4. The molecule has 24 heavy (non-hydrogen) atoms. The summed E-state index contributed by atoms with van der Waals surface area (Å²) in [6, 6.07) is 9.98. The van der Waals surface area contributed by atoms with Gasteiger partial charge in [0.15, 0.2) is 11.6 Å². The number of piperidine rings is 1. The quantitative estimate of drug-likeness (QED) is 0.770. The SMILES string of the molecule is Nc1c(Nc2cccc3cccnc23)ncnc1N1CCCCC1. The number of rotatable bonds is 3. The van der Waals surface area contributed by atoms with Gasteiger partial charge >= 0.3 is 0 Å². The van der Waals surface area contributed by atoms with Crippen LogP contribution in [0.15, 0.2) is 42.9 Å². The summed E-state index contributed by atoms with van der Waals surface area (Å²) in [6.45, 7) is 1.99. The zero-order valence-corrected chi connectivity index (χ0v) is 13.4. The van der Waals surface area contributed by atoms with Crippen LogP contribution in [0.1, 0.15) is 19.3 Å². The number of nitrogens with two attached hydrogens (primary N) is 1. The van der Waals surface area contributed by atoms with Crippen molar-refractivity contribution in [3.8, 4) is 0 Å². The topological polar surface area (TPSA) is 80.0 Å². The number of hydrogen-bond donors (Lipinski definition) is 2. The molecule has 0 amide bonds. The highest BCUT2D eigenvalue weighted by Gasteiger charge is 2.17. The van der Waals surface area contributed by atoms with Crippen LogP contribution in [0.4, 0.5) is 23.0 Å². The Hall–Kier alpha value is -2.89. The number of benzene rings is 1. The van der Waals surface area contributed by atoms with Gasteiger partial charge in [-0.2, -0.15) is 0 Å². The first-order chi connectivity index (χ1) is 11.8. The summed E-state index contributed by atoms with van der Waals surface area (Å²) in [4.78, 5) is 15.4. The molecule has 122 valence electrons. The highest BCUT2D eigenvalue weighted by atomic mass is 15.2. The van der Waals surface area contributed by atoms with Crippen LogP contribution in [-0.2, 0) is 0 Å². The van der Waals surface area contributed by atoms with Gasteiger partial charge in [0.25, 0.3) is 0 Å². The van der Waals surface area contributed by atoms with Crippen LogP contribution < -0.4 is 16.0 Å². The smallest absolute Gasteiger partial charge is 0.159 e. The molecule has 6 heteroatoms. The summed E-state index contributed by atoms with van der Waals surface area (Å²) < 4.78 is 0. The number of nitrogen functional groups attached to an aromatic ring is 1. The Kier molecular flexibility index (Phi) is 3.86. The summed E-state index contributed by atoms with van der Waals surface area (Å²) in [5.41, 5.74) is 8.74. The Labute approximate surface area is 140 Å². The normalized spacial score (nSPS) is 14.8. The third-order valence-corrected chi connectivity index (χ3v) is 4.40. The van der Waals surface area contributed by atoms with E-state index >= 15 is 0 Å². The number of pyridine rings is 1. The Bertz CT molecular complexity index is 852. The summed E-state index contributed by atoms with van der Waals surface area (Å²) >= 11 is 0. The molecule has 1 fully saturated rings. The predicted octanol–water partition coefficient (Wildman–Crippen LogP) is 3.34. The fraction of sp³-hybridized carbons (Fsp3) is 0.278. The molecule has 0 radical (unpaired) electrons. The molecule has 3 heterocycles. The summed E-state index contributed by atoms with van der Waals surface area (Å²) in [5.74, 6) is 1.45. The van der Waals surface area contributed by atoms with Gasteiger partial charge in [0.2, 0.25) is 0 Å². The first kappa shape index (κ1) is 14.7. The predicted molar refractivity (Wildman–Crippen MR) is 97.5 cm³/mol. The molecule has 1 aliphatic rings. The van der Waals surface area contributed by atoms with Gasteiger partial charge in [-0.15, -0.1) is 0 Å². The van der Waals surface area contributed by atoms with Crippen LogP contribution in [0, 0.1) is 0 Å². The minimum atomic E-state index is 0.590. The van der Waals surface area contributed by atoms with Crippen molar-refractivity contribution in [3.05, 3.63) is 42.9 Å². The molecule has 1 aromatic carbocycles. The molecule has 3 aromatic rings. The van der Waals surface area contributed by atoms with Gasteiger partial charge in [-0.3, -0.25) is 4.98 Å². The van der Waals surface area contributed by atoms with E-state index in [0.29, 0.717) is 11.5 Å². The Morgan fingerprint density at radius 3 is 2.67 bits per heavy atom. The average Bonchev–Trinajstić information content (AvgIpc) is 2.64. The Morgan fingerprint density at radius 1 is 0.958 bits per heavy atom. The van der Waals surface area contributed by atoms with Crippen molar-refractivity contribution in [3.63, 3.8) is 0 Å². The van der Waals surface area contributed by atoms with E-state index in [2.05, 4.69) is 25.2 Å². The summed E-state index contributed by atoms with van der Waals surface area (Å²) in [5, 5.41) is 4.40. The molecule has 4 rings (SSSR count). The number of fused-ring (bicyclic) bond motifs is 1. The second kappa shape index (κ2) is 6.31. The van der Waals surface area contributed by atoms with Gasteiger partial charge in [0.1, 0.15) is 12.0 Å². The molecule has 2 aromatic heterocycles. The van der Waals surface area contributed by atoms with Crippen LogP contribution in [-0.4, -0.2) is 28.0 Å². The molecule has 1 aliphatic heterocycles. The lowest BCUT2D eigenvalue weighted by molar-refractivity contribution is 0.574.